The number of fused-ring (bicyclic) bond motifs is 1. The number of amides is 1. The number of esters is 1. The number of rotatable bonds is 7. The Bertz CT molecular complexity index is 1350. The van der Waals surface area contributed by atoms with Crippen LogP contribution < -0.4 is 5.32 Å². The molecule has 0 aliphatic heterocycles. The molecule has 0 aliphatic carbocycles. The molecule has 0 saturated heterocycles. The predicted octanol–water partition coefficient (Wildman–Crippen LogP) is 3.72. The lowest BCUT2D eigenvalue weighted by Gasteiger charge is -2.07. The molecule has 4 aromatic rings. The summed E-state index contributed by atoms with van der Waals surface area (Å²) in [6, 6.07) is 13.0. The minimum Gasteiger partial charge on any atom is -0.462 e. The second kappa shape index (κ2) is 9.62. The van der Waals surface area contributed by atoms with Crippen molar-refractivity contribution in [2.45, 2.75) is 13.5 Å². The van der Waals surface area contributed by atoms with Gasteiger partial charge in [-0.15, -0.1) is 0 Å². The first-order valence-electron chi connectivity index (χ1n) is 10.1. The van der Waals surface area contributed by atoms with Crippen LogP contribution in [0.25, 0.3) is 5.52 Å². The standard InChI is InChI=1S/C24H19ClN4O4/c1-2-33-24(32)18-13-20(23(31)28-14-17-5-3-4-8-26-17)29-10-7-16(11-19(18)29)22(30)15-6-9-27-21(25)12-15/h3-13H,2,14H2,1H3,(H,28,31). The molecule has 4 heterocycles. The Hall–Kier alpha value is -4.04. The molecule has 0 aliphatic rings. The van der Waals surface area contributed by atoms with Crippen LogP contribution in [0.3, 0.4) is 0 Å². The average Bonchev–Trinajstić information content (AvgIpc) is 3.22. The van der Waals surface area contributed by atoms with Crippen molar-refractivity contribution in [2.75, 3.05) is 6.61 Å². The lowest BCUT2D eigenvalue weighted by Crippen LogP contribution is -2.24. The van der Waals surface area contributed by atoms with Crippen molar-refractivity contribution in [3.63, 3.8) is 0 Å². The summed E-state index contributed by atoms with van der Waals surface area (Å²) in [7, 11) is 0. The fourth-order valence-corrected chi connectivity index (χ4v) is 3.53. The summed E-state index contributed by atoms with van der Waals surface area (Å²) in [5.74, 6) is -1.28. The Labute approximate surface area is 194 Å². The zero-order valence-electron chi connectivity index (χ0n) is 17.6. The van der Waals surface area contributed by atoms with Crippen LogP contribution in [0.4, 0.5) is 0 Å². The number of halogens is 1. The van der Waals surface area contributed by atoms with E-state index in [4.69, 9.17) is 16.3 Å². The van der Waals surface area contributed by atoms with E-state index in [-0.39, 0.29) is 35.3 Å². The van der Waals surface area contributed by atoms with E-state index in [2.05, 4.69) is 15.3 Å². The van der Waals surface area contributed by atoms with Crippen LogP contribution in [0.5, 0.6) is 0 Å². The number of ketones is 1. The highest BCUT2D eigenvalue weighted by atomic mass is 35.5. The maximum Gasteiger partial charge on any atom is 0.340 e. The van der Waals surface area contributed by atoms with Crippen LogP contribution in [-0.2, 0) is 11.3 Å². The van der Waals surface area contributed by atoms with Crippen molar-refractivity contribution >= 4 is 34.8 Å². The van der Waals surface area contributed by atoms with Crippen LogP contribution in [0.15, 0.2) is 67.1 Å². The third-order valence-corrected chi connectivity index (χ3v) is 5.11. The largest absolute Gasteiger partial charge is 0.462 e. The molecule has 0 unspecified atom stereocenters. The minimum absolute atomic E-state index is 0.172. The van der Waals surface area contributed by atoms with Crippen LogP contribution in [0.1, 0.15) is 49.4 Å². The number of aromatic nitrogens is 3. The van der Waals surface area contributed by atoms with Gasteiger partial charge in [0, 0.05) is 29.7 Å². The first kappa shape index (κ1) is 22.2. The molecule has 0 atom stereocenters. The van der Waals surface area contributed by atoms with E-state index in [1.54, 1.807) is 54.0 Å². The lowest BCUT2D eigenvalue weighted by atomic mass is 10.0. The van der Waals surface area contributed by atoms with E-state index < -0.39 is 11.9 Å². The van der Waals surface area contributed by atoms with Crippen molar-refractivity contribution in [2.24, 2.45) is 0 Å². The fourth-order valence-electron chi connectivity index (χ4n) is 3.36. The molecule has 166 valence electrons. The molecule has 0 radical (unpaired) electrons. The molecule has 0 aromatic carbocycles. The highest BCUT2D eigenvalue weighted by Gasteiger charge is 2.22. The fraction of sp³-hybridized carbons (Fsp3) is 0.125. The SMILES string of the molecule is CCOC(=O)c1cc(C(=O)NCc2ccccn2)n2ccc(C(=O)c3ccnc(Cl)c3)cc12. The van der Waals surface area contributed by atoms with Crippen molar-refractivity contribution in [3.8, 4) is 0 Å². The summed E-state index contributed by atoms with van der Waals surface area (Å²) in [6.45, 7) is 2.09. The third-order valence-electron chi connectivity index (χ3n) is 4.91. The van der Waals surface area contributed by atoms with Crippen molar-refractivity contribution < 1.29 is 19.1 Å². The van der Waals surface area contributed by atoms with Gasteiger partial charge >= 0.3 is 5.97 Å². The van der Waals surface area contributed by atoms with Gasteiger partial charge in [-0.05, 0) is 49.4 Å². The van der Waals surface area contributed by atoms with E-state index in [1.165, 1.54) is 18.3 Å². The van der Waals surface area contributed by atoms with E-state index in [0.29, 0.717) is 22.3 Å². The van der Waals surface area contributed by atoms with Crippen LogP contribution in [0.2, 0.25) is 5.15 Å². The van der Waals surface area contributed by atoms with Gasteiger partial charge in [0.1, 0.15) is 10.8 Å². The zero-order valence-corrected chi connectivity index (χ0v) is 18.4. The summed E-state index contributed by atoms with van der Waals surface area (Å²) in [5, 5.41) is 3.00. The van der Waals surface area contributed by atoms with Gasteiger partial charge in [-0.3, -0.25) is 14.6 Å². The molecule has 4 aromatic heterocycles. The smallest absolute Gasteiger partial charge is 0.340 e. The van der Waals surface area contributed by atoms with Gasteiger partial charge in [0.2, 0.25) is 0 Å². The van der Waals surface area contributed by atoms with E-state index in [0.717, 1.165) is 0 Å². The number of hydrogen-bond acceptors (Lipinski definition) is 6. The summed E-state index contributed by atoms with van der Waals surface area (Å²) < 4.78 is 6.71. The van der Waals surface area contributed by atoms with E-state index >= 15 is 0 Å². The monoisotopic (exact) mass is 462 g/mol. The Morgan fingerprint density at radius 1 is 1.03 bits per heavy atom. The summed E-state index contributed by atoms with van der Waals surface area (Å²) >= 11 is 5.91. The summed E-state index contributed by atoms with van der Waals surface area (Å²) in [5.41, 5.74) is 2.17. The van der Waals surface area contributed by atoms with Gasteiger partial charge < -0.3 is 14.5 Å². The lowest BCUT2D eigenvalue weighted by molar-refractivity contribution is 0.0528. The van der Waals surface area contributed by atoms with Gasteiger partial charge in [0.15, 0.2) is 5.78 Å². The number of nitrogens with one attached hydrogen (secondary N) is 1. The Kier molecular flexibility index (Phi) is 6.46. The van der Waals surface area contributed by atoms with Gasteiger partial charge in [-0.25, -0.2) is 9.78 Å². The molecule has 0 spiro atoms. The van der Waals surface area contributed by atoms with Crippen molar-refractivity contribution in [3.05, 3.63) is 100 Å². The van der Waals surface area contributed by atoms with Crippen LogP contribution >= 0.6 is 11.6 Å². The Balaban J connectivity index is 1.71. The number of pyridine rings is 3. The number of hydrogen-bond donors (Lipinski definition) is 1. The van der Waals surface area contributed by atoms with Gasteiger partial charge in [0.05, 0.1) is 29.9 Å². The molecule has 8 nitrogen and oxygen atoms in total. The highest BCUT2D eigenvalue weighted by molar-refractivity contribution is 6.30. The van der Waals surface area contributed by atoms with Crippen molar-refractivity contribution in [1.29, 1.82) is 0 Å². The molecule has 1 N–H and O–H groups in total. The zero-order chi connectivity index (χ0) is 23.4. The predicted molar refractivity (Wildman–Crippen MR) is 121 cm³/mol. The van der Waals surface area contributed by atoms with Gasteiger partial charge in [0.25, 0.3) is 5.91 Å². The quantitative estimate of drug-likeness (QED) is 0.255. The van der Waals surface area contributed by atoms with Crippen LogP contribution in [0, 0.1) is 0 Å². The Morgan fingerprint density at radius 2 is 1.85 bits per heavy atom. The topological polar surface area (TPSA) is 103 Å². The molecule has 4 rings (SSSR count). The van der Waals surface area contributed by atoms with E-state index in [1.807, 2.05) is 6.07 Å². The second-order valence-electron chi connectivity index (χ2n) is 7.03. The van der Waals surface area contributed by atoms with Gasteiger partial charge in [-0.2, -0.15) is 0 Å². The first-order chi connectivity index (χ1) is 16.0. The highest BCUT2D eigenvalue weighted by Crippen LogP contribution is 2.22. The second-order valence-corrected chi connectivity index (χ2v) is 7.42. The molecule has 0 fully saturated rings. The normalized spacial score (nSPS) is 10.7. The van der Waals surface area contributed by atoms with Crippen LogP contribution in [-0.4, -0.2) is 38.6 Å². The maximum atomic E-state index is 13.0. The number of carbonyl (C=O) groups excluding carboxylic acids is 3. The minimum atomic E-state index is -0.588. The third kappa shape index (κ3) is 4.75. The summed E-state index contributed by atoms with van der Waals surface area (Å²) in [4.78, 5) is 46.5. The molecule has 9 heteroatoms. The molecule has 33 heavy (non-hydrogen) atoms. The average molecular weight is 463 g/mol. The molecule has 0 bridgehead atoms. The molecular formula is C24H19ClN4O4. The van der Waals surface area contributed by atoms with E-state index in [9.17, 15) is 14.4 Å². The molecule has 1 amide bonds. The first-order valence-corrected chi connectivity index (χ1v) is 10.5. The number of ether oxygens (including phenoxy) is 1. The molecular weight excluding hydrogens is 444 g/mol. The van der Waals surface area contributed by atoms with Gasteiger partial charge in [-0.1, -0.05) is 17.7 Å². The Morgan fingerprint density at radius 3 is 2.58 bits per heavy atom. The summed E-state index contributed by atoms with van der Waals surface area (Å²) in [6.07, 6.45) is 4.66. The maximum absolute atomic E-state index is 13.0. The van der Waals surface area contributed by atoms with Crippen molar-refractivity contribution in [1.82, 2.24) is 19.7 Å². The number of carbonyl (C=O) groups is 3. The molecule has 0 saturated carbocycles. The number of nitrogens with zero attached hydrogens (tertiary/aromatic N) is 3.